The average molecular weight is 298 g/mol. The largest absolute Gasteiger partial charge is 0.494 e. The highest BCUT2D eigenvalue weighted by Crippen LogP contribution is 2.26. The zero-order chi connectivity index (χ0) is 14.7. The van der Waals surface area contributed by atoms with E-state index in [4.69, 9.17) is 4.74 Å². The van der Waals surface area contributed by atoms with Crippen molar-refractivity contribution in [1.29, 1.82) is 0 Å². The lowest BCUT2D eigenvalue weighted by Crippen LogP contribution is -2.11. The number of aromatic nitrogens is 1. The topological polar surface area (TPSA) is 51.2 Å². The summed E-state index contributed by atoms with van der Waals surface area (Å²) in [5.74, 6) is 0.505. The second-order valence-corrected chi connectivity index (χ2v) is 5.43. The number of ether oxygens (including phenoxy) is 1. The molecule has 1 heterocycles. The molecule has 21 heavy (non-hydrogen) atoms. The summed E-state index contributed by atoms with van der Waals surface area (Å²) in [6.07, 6.45) is 0. The maximum atomic E-state index is 12.2. The van der Waals surface area contributed by atoms with Crippen LogP contribution in [0.4, 0.5) is 5.13 Å². The lowest BCUT2D eigenvalue weighted by Gasteiger charge is -2.05. The Balaban J connectivity index is 1.80. The first-order valence-corrected chi connectivity index (χ1v) is 7.47. The number of carbonyl (C=O) groups excluding carboxylic acids is 1. The zero-order valence-corrected chi connectivity index (χ0v) is 12.3. The van der Waals surface area contributed by atoms with Crippen molar-refractivity contribution in [1.82, 2.24) is 4.98 Å². The third-order valence-corrected chi connectivity index (χ3v) is 3.87. The first kappa shape index (κ1) is 13.6. The van der Waals surface area contributed by atoms with Crippen LogP contribution < -0.4 is 10.1 Å². The molecule has 0 radical (unpaired) electrons. The smallest absolute Gasteiger partial charge is 0.257 e. The molecular formula is C16H14N2O2S. The molecule has 0 spiro atoms. The Kier molecular flexibility index (Phi) is 3.83. The predicted molar refractivity (Wildman–Crippen MR) is 85.2 cm³/mol. The monoisotopic (exact) mass is 298 g/mol. The summed E-state index contributed by atoms with van der Waals surface area (Å²) in [5.41, 5.74) is 1.45. The van der Waals surface area contributed by atoms with Crippen LogP contribution >= 0.6 is 11.3 Å². The summed E-state index contributed by atoms with van der Waals surface area (Å²) >= 11 is 1.46. The normalized spacial score (nSPS) is 10.5. The van der Waals surface area contributed by atoms with Gasteiger partial charge in [0.25, 0.3) is 5.91 Å². The van der Waals surface area contributed by atoms with Gasteiger partial charge in [-0.1, -0.05) is 29.5 Å². The van der Waals surface area contributed by atoms with Gasteiger partial charge < -0.3 is 4.74 Å². The van der Waals surface area contributed by atoms with E-state index in [0.717, 1.165) is 10.2 Å². The summed E-state index contributed by atoms with van der Waals surface area (Å²) in [5, 5.41) is 3.43. The highest BCUT2D eigenvalue weighted by Gasteiger charge is 2.10. The predicted octanol–water partition coefficient (Wildman–Crippen LogP) is 3.95. The van der Waals surface area contributed by atoms with Gasteiger partial charge in [0, 0.05) is 5.56 Å². The van der Waals surface area contributed by atoms with E-state index in [-0.39, 0.29) is 5.91 Å². The van der Waals surface area contributed by atoms with E-state index in [1.165, 1.54) is 11.3 Å². The third kappa shape index (κ3) is 3.03. The molecule has 0 saturated heterocycles. The lowest BCUT2D eigenvalue weighted by molar-refractivity contribution is 0.102. The molecule has 0 aliphatic heterocycles. The minimum Gasteiger partial charge on any atom is -0.494 e. The number of benzene rings is 2. The molecule has 3 rings (SSSR count). The number of amides is 1. The Bertz CT molecular complexity index is 750. The van der Waals surface area contributed by atoms with E-state index in [0.29, 0.717) is 23.1 Å². The highest BCUT2D eigenvalue weighted by atomic mass is 32.1. The Labute approximate surface area is 126 Å². The first-order valence-electron chi connectivity index (χ1n) is 6.66. The number of nitrogens with one attached hydrogen (secondary N) is 1. The Morgan fingerprint density at radius 1 is 1.24 bits per heavy atom. The van der Waals surface area contributed by atoms with Crippen LogP contribution in [-0.4, -0.2) is 17.5 Å². The van der Waals surface area contributed by atoms with Gasteiger partial charge in [-0.25, -0.2) is 4.98 Å². The van der Waals surface area contributed by atoms with Crippen molar-refractivity contribution in [2.45, 2.75) is 6.92 Å². The lowest BCUT2D eigenvalue weighted by atomic mass is 10.2. The molecule has 0 aliphatic carbocycles. The van der Waals surface area contributed by atoms with Crippen LogP contribution in [0.15, 0.2) is 48.5 Å². The van der Waals surface area contributed by atoms with Crippen LogP contribution in [0.1, 0.15) is 17.3 Å². The molecule has 5 heteroatoms. The van der Waals surface area contributed by atoms with Gasteiger partial charge in [-0.05, 0) is 37.3 Å². The summed E-state index contributed by atoms with van der Waals surface area (Å²) in [4.78, 5) is 16.6. The Morgan fingerprint density at radius 2 is 2.10 bits per heavy atom. The van der Waals surface area contributed by atoms with Crippen LogP contribution in [0.2, 0.25) is 0 Å². The van der Waals surface area contributed by atoms with Crippen molar-refractivity contribution >= 4 is 32.6 Å². The number of rotatable bonds is 4. The van der Waals surface area contributed by atoms with Crippen molar-refractivity contribution in [2.24, 2.45) is 0 Å². The van der Waals surface area contributed by atoms with E-state index in [2.05, 4.69) is 10.3 Å². The number of thiazole rings is 1. The van der Waals surface area contributed by atoms with Gasteiger partial charge in [0.2, 0.25) is 0 Å². The van der Waals surface area contributed by atoms with Gasteiger partial charge in [-0.15, -0.1) is 0 Å². The van der Waals surface area contributed by atoms with E-state index in [1.807, 2.05) is 37.3 Å². The van der Waals surface area contributed by atoms with Crippen molar-refractivity contribution in [3.8, 4) is 5.75 Å². The zero-order valence-electron chi connectivity index (χ0n) is 11.5. The van der Waals surface area contributed by atoms with E-state index < -0.39 is 0 Å². The third-order valence-electron chi connectivity index (χ3n) is 2.92. The van der Waals surface area contributed by atoms with Crippen molar-refractivity contribution in [2.75, 3.05) is 11.9 Å². The number of carbonyl (C=O) groups is 1. The summed E-state index contributed by atoms with van der Waals surface area (Å²) in [6, 6.07) is 14.9. The molecule has 106 valence electrons. The molecule has 1 aromatic heterocycles. The van der Waals surface area contributed by atoms with Gasteiger partial charge >= 0.3 is 0 Å². The average Bonchev–Trinajstić information content (AvgIpc) is 2.90. The number of anilines is 1. The molecule has 0 aliphatic rings. The first-order chi connectivity index (χ1) is 10.3. The molecule has 4 nitrogen and oxygen atoms in total. The molecular weight excluding hydrogens is 284 g/mol. The quantitative estimate of drug-likeness (QED) is 0.793. The van der Waals surface area contributed by atoms with Gasteiger partial charge in [0.15, 0.2) is 5.13 Å². The number of para-hydroxylation sites is 1. The highest BCUT2D eigenvalue weighted by molar-refractivity contribution is 7.22. The van der Waals surface area contributed by atoms with E-state index >= 15 is 0 Å². The van der Waals surface area contributed by atoms with E-state index in [9.17, 15) is 4.79 Å². The number of hydrogen-bond acceptors (Lipinski definition) is 4. The molecule has 3 aromatic rings. The van der Waals surface area contributed by atoms with Crippen LogP contribution in [-0.2, 0) is 0 Å². The van der Waals surface area contributed by atoms with Gasteiger partial charge in [-0.2, -0.15) is 0 Å². The molecule has 0 bridgehead atoms. The summed E-state index contributed by atoms with van der Waals surface area (Å²) in [7, 11) is 0. The fourth-order valence-corrected chi connectivity index (χ4v) is 2.85. The van der Waals surface area contributed by atoms with Crippen LogP contribution in [0.5, 0.6) is 5.75 Å². The van der Waals surface area contributed by atoms with Crippen LogP contribution in [0.25, 0.3) is 10.2 Å². The van der Waals surface area contributed by atoms with Crippen LogP contribution in [0, 0.1) is 0 Å². The van der Waals surface area contributed by atoms with Crippen molar-refractivity contribution in [3.05, 3.63) is 54.1 Å². The Hall–Kier alpha value is -2.40. The van der Waals surface area contributed by atoms with E-state index in [1.54, 1.807) is 18.2 Å². The fourth-order valence-electron chi connectivity index (χ4n) is 1.99. The standard InChI is InChI=1S/C16H14N2O2S/c1-2-20-12-7-5-6-11(10-12)15(19)18-16-17-13-8-3-4-9-14(13)21-16/h3-10H,2H2,1H3,(H,17,18,19). The minimum atomic E-state index is -0.185. The second-order valence-electron chi connectivity index (χ2n) is 4.40. The molecule has 1 amide bonds. The maximum Gasteiger partial charge on any atom is 0.257 e. The van der Waals surface area contributed by atoms with Crippen molar-refractivity contribution < 1.29 is 9.53 Å². The number of fused-ring (bicyclic) bond motifs is 1. The molecule has 0 saturated carbocycles. The number of hydrogen-bond donors (Lipinski definition) is 1. The van der Waals surface area contributed by atoms with Crippen molar-refractivity contribution in [3.63, 3.8) is 0 Å². The summed E-state index contributed by atoms with van der Waals surface area (Å²) in [6.45, 7) is 2.48. The SMILES string of the molecule is CCOc1cccc(C(=O)Nc2nc3ccccc3s2)c1. The number of nitrogens with zero attached hydrogens (tertiary/aromatic N) is 1. The molecule has 0 fully saturated rings. The van der Waals surface area contributed by atoms with Gasteiger partial charge in [0.05, 0.1) is 16.8 Å². The van der Waals surface area contributed by atoms with Gasteiger partial charge in [-0.3, -0.25) is 10.1 Å². The summed E-state index contributed by atoms with van der Waals surface area (Å²) < 4.78 is 6.45. The van der Waals surface area contributed by atoms with Gasteiger partial charge in [0.1, 0.15) is 5.75 Å². The maximum absolute atomic E-state index is 12.2. The fraction of sp³-hybridized carbons (Fsp3) is 0.125. The molecule has 1 N–H and O–H groups in total. The second kappa shape index (κ2) is 5.93. The minimum absolute atomic E-state index is 0.185. The van der Waals surface area contributed by atoms with Crippen LogP contribution in [0.3, 0.4) is 0 Å². The molecule has 0 unspecified atom stereocenters. The molecule has 0 atom stereocenters. The molecule has 2 aromatic carbocycles. The Morgan fingerprint density at radius 3 is 2.90 bits per heavy atom.